The monoisotopic (exact) mass is 499 g/mol. The van der Waals surface area contributed by atoms with E-state index in [4.69, 9.17) is 24.7 Å². The highest BCUT2D eigenvalue weighted by Gasteiger charge is 2.48. The maximum absolute atomic E-state index is 13.1. The highest BCUT2D eigenvalue weighted by atomic mass is 16.6. The Morgan fingerprint density at radius 1 is 0.944 bits per heavy atom. The summed E-state index contributed by atoms with van der Waals surface area (Å²) in [6.45, 7) is 11.5. The highest BCUT2D eigenvalue weighted by Crippen LogP contribution is 2.33. The van der Waals surface area contributed by atoms with Crippen LogP contribution in [0.5, 0.6) is 11.5 Å². The molecule has 0 bridgehead atoms. The van der Waals surface area contributed by atoms with E-state index < -0.39 is 23.1 Å². The second-order valence-electron chi connectivity index (χ2n) is 10.4. The summed E-state index contributed by atoms with van der Waals surface area (Å²) in [5.41, 5.74) is 5.80. The number of hydrogen-bond acceptors (Lipinski definition) is 7. The van der Waals surface area contributed by atoms with Crippen LogP contribution in [-0.4, -0.2) is 36.8 Å². The normalized spacial score (nSPS) is 14.0. The summed E-state index contributed by atoms with van der Waals surface area (Å²) in [6.07, 6.45) is 0.662. The lowest BCUT2D eigenvalue weighted by Crippen LogP contribution is -2.59. The predicted molar refractivity (Wildman–Crippen MR) is 140 cm³/mol. The molecule has 0 aromatic heterocycles. The van der Waals surface area contributed by atoms with Gasteiger partial charge in [-0.15, -0.1) is 0 Å². The van der Waals surface area contributed by atoms with Crippen LogP contribution in [0.15, 0.2) is 48.5 Å². The molecule has 7 nitrogen and oxygen atoms in total. The summed E-state index contributed by atoms with van der Waals surface area (Å²) in [7, 11) is 1.60. The van der Waals surface area contributed by atoms with Crippen molar-refractivity contribution in [3.05, 3.63) is 59.7 Å². The molecule has 0 amide bonds. The zero-order valence-electron chi connectivity index (χ0n) is 22.6. The fraction of sp³-hybridized carbons (Fsp3) is 0.517. The van der Waals surface area contributed by atoms with E-state index in [0.717, 1.165) is 11.1 Å². The van der Waals surface area contributed by atoms with Gasteiger partial charge in [0.15, 0.2) is 11.5 Å². The maximum Gasteiger partial charge on any atom is 0.338 e. The van der Waals surface area contributed by atoms with Crippen molar-refractivity contribution < 1.29 is 28.5 Å². The topological polar surface area (TPSA) is 97.1 Å². The number of esters is 2. The van der Waals surface area contributed by atoms with Gasteiger partial charge in [0.25, 0.3) is 0 Å². The summed E-state index contributed by atoms with van der Waals surface area (Å²) in [5, 5.41) is 0. The summed E-state index contributed by atoms with van der Waals surface area (Å²) >= 11 is 0. The van der Waals surface area contributed by atoms with E-state index in [1.807, 2.05) is 62.4 Å². The molecule has 0 radical (unpaired) electrons. The van der Waals surface area contributed by atoms with Crippen molar-refractivity contribution >= 4 is 11.9 Å². The molecule has 198 valence electrons. The van der Waals surface area contributed by atoms with E-state index in [1.54, 1.807) is 34.8 Å². The second kappa shape index (κ2) is 12.8. The Morgan fingerprint density at radius 2 is 1.61 bits per heavy atom. The lowest BCUT2D eigenvalue weighted by atomic mass is 9.78. The van der Waals surface area contributed by atoms with Gasteiger partial charge in [-0.1, -0.05) is 50.2 Å². The number of hydrogen-bond donors (Lipinski definition) is 1. The van der Waals surface area contributed by atoms with Gasteiger partial charge < -0.3 is 24.7 Å². The lowest BCUT2D eigenvalue weighted by molar-refractivity contribution is -0.172. The van der Waals surface area contributed by atoms with E-state index in [0.29, 0.717) is 24.5 Å². The van der Waals surface area contributed by atoms with Crippen molar-refractivity contribution in [2.75, 3.05) is 13.7 Å². The van der Waals surface area contributed by atoms with Crippen molar-refractivity contribution in [3.8, 4) is 11.5 Å². The minimum absolute atomic E-state index is 0.0879. The van der Waals surface area contributed by atoms with Crippen molar-refractivity contribution in [1.82, 2.24) is 0 Å². The highest BCUT2D eigenvalue weighted by molar-refractivity contribution is 6.04. The predicted octanol–water partition coefficient (Wildman–Crippen LogP) is 5.08. The number of benzene rings is 2. The molecule has 0 unspecified atom stereocenters. The SMILES string of the molecule is CCOC(=O)[C@@](N)(C[C@H](Cc1ccc(OC)c(OCc2ccccc2)c1)C(C)C)C(=O)OC(C)(C)C. The van der Waals surface area contributed by atoms with Crippen LogP contribution < -0.4 is 15.2 Å². The molecule has 0 aliphatic carbocycles. The largest absolute Gasteiger partial charge is 0.493 e. The molecule has 2 atom stereocenters. The molecule has 2 aromatic rings. The molecule has 7 heteroatoms. The third-order valence-electron chi connectivity index (χ3n) is 5.89. The van der Waals surface area contributed by atoms with Crippen LogP contribution in [0, 0.1) is 11.8 Å². The minimum Gasteiger partial charge on any atom is -0.493 e. The van der Waals surface area contributed by atoms with Crippen molar-refractivity contribution in [2.45, 2.75) is 72.1 Å². The van der Waals surface area contributed by atoms with Gasteiger partial charge in [0.2, 0.25) is 5.54 Å². The summed E-state index contributed by atoms with van der Waals surface area (Å²) in [5.74, 6) is -0.280. The van der Waals surface area contributed by atoms with Crippen LogP contribution in [-0.2, 0) is 32.1 Å². The van der Waals surface area contributed by atoms with Gasteiger partial charge in [-0.05, 0) is 75.6 Å². The smallest absolute Gasteiger partial charge is 0.338 e. The number of carbonyl (C=O) groups excluding carboxylic acids is 2. The fourth-order valence-corrected chi connectivity index (χ4v) is 3.84. The number of nitrogens with two attached hydrogens (primary N) is 1. The van der Waals surface area contributed by atoms with Crippen LogP contribution in [0.25, 0.3) is 0 Å². The van der Waals surface area contributed by atoms with Gasteiger partial charge in [0.05, 0.1) is 13.7 Å². The van der Waals surface area contributed by atoms with Gasteiger partial charge in [-0.3, -0.25) is 0 Å². The summed E-state index contributed by atoms with van der Waals surface area (Å²) in [6, 6.07) is 15.6. The lowest BCUT2D eigenvalue weighted by Gasteiger charge is -2.33. The first kappa shape index (κ1) is 29.2. The van der Waals surface area contributed by atoms with E-state index >= 15 is 0 Å². The summed E-state index contributed by atoms with van der Waals surface area (Å²) < 4.78 is 22.3. The Kier molecular flexibility index (Phi) is 10.3. The van der Waals surface area contributed by atoms with Crippen molar-refractivity contribution in [2.24, 2.45) is 17.6 Å². The molecule has 0 spiro atoms. The molecule has 0 saturated heterocycles. The number of ether oxygens (including phenoxy) is 4. The first-order chi connectivity index (χ1) is 16.9. The zero-order valence-corrected chi connectivity index (χ0v) is 22.6. The van der Waals surface area contributed by atoms with Crippen LogP contribution >= 0.6 is 0 Å². The number of methoxy groups -OCH3 is 1. The maximum atomic E-state index is 13.1. The van der Waals surface area contributed by atoms with Gasteiger partial charge in [-0.2, -0.15) is 0 Å². The third-order valence-corrected chi connectivity index (χ3v) is 5.89. The first-order valence-corrected chi connectivity index (χ1v) is 12.4. The van der Waals surface area contributed by atoms with E-state index in [9.17, 15) is 9.59 Å². The van der Waals surface area contributed by atoms with Crippen LogP contribution in [0.3, 0.4) is 0 Å². The van der Waals surface area contributed by atoms with Gasteiger partial charge >= 0.3 is 11.9 Å². The average Bonchev–Trinajstić information content (AvgIpc) is 2.82. The molecule has 2 aromatic carbocycles. The molecule has 0 fully saturated rings. The first-order valence-electron chi connectivity index (χ1n) is 12.4. The van der Waals surface area contributed by atoms with Crippen LogP contribution in [0.2, 0.25) is 0 Å². The molecule has 0 aliphatic rings. The molecule has 36 heavy (non-hydrogen) atoms. The molecule has 0 saturated carbocycles. The molecular formula is C29H41NO6. The van der Waals surface area contributed by atoms with Gasteiger partial charge in [0, 0.05) is 0 Å². The minimum atomic E-state index is -1.91. The zero-order chi connectivity index (χ0) is 26.9. The fourth-order valence-electron chi connectivity index (χ4n) is 3.84. The van der Waals surface area contributed by atoms with Crippen molar-refractivity contribution in [1.29, 1.82) is 0 Å². The molecule has 2 N–H and O–H groups in total. The molecule has 0 aliphatic heterocycles. The Hall–Kier alpha value is -3.06. The molecule has 0 heterocycles. The Labute approximate surface area is 215 Å². The van der Waals surface area contributed by atoms with E-state index in [2.05, 4.69) is 0 Å². The van der Waals surface area contributed by atoms with E-state index in [-0.39, 0.29) is 24.9 Å². The third kappa shape index (κ3) is 8.26. The summed E-state index contributed by atoms with van der Waals surface area (Å²) in [4.78, 5) is 26.0. The van der Waals surface area contributed by atoms with E-state index in [1.165, 1.54) is 0 Å². The van der Waals surface area contributed by atoms with Gasteiger partial charge in [-0.25, -0.2) is 9.59 Å². The second-order valence-corrected chi connectivity index (χ2v) is 10.4. The Morgan fingerprint density at radius 3 is 2.17 bits per heavy atom. The number of carbonyl (C=O) groups is 2. The van der Waals surface area contributed by atoms with Crippen molar-refractivity contribution in [3.63, 3.8) is 0 Å². The van der Waals surface area contributed by atoms with Crippen LogP contribution in [0.4, 0.5) is 0 Å². The van der Waals surface area contributed by atoms with Gasteiger partial charge in [0.1, 0.15) is 12.2 Å². The number of rotatable bonds is 12. The standard InChI is InChI=1S/C29H41NO6/c1-8-34-26(31)29(30,27(32)36-28(4,5)6)18-23(20(2)3)16-22-14-15-24(33-7)25(17-22)35-19-21-12-10-9-11-13-21/h9-15,17,20,23H,8,16,18-19,30H2,1-7H3/t23-,29-/m0/s1. The Balaban J connectivity index is 2.29. The molecule has 2 rings (SSSR count). The van der Waals surface area contributed by atoms with Crippen LogP contribution in [0.1, 0.15) is 59.1 Å². The quantitative estimate of drug-likeness (QED) is 0.321. The molecular weight excluding hydrogens is 458 g/mol. The Bertz CT molecular complexity index is 999. The average molecular weight is 500 g/mol.